The number of nitrogens with one attached hydrogen (secondary N) is 1. The van der Waals surface area contributed by atoms with Crippen molar-refractivity contribution in [2.75, 3.05) is 39.3 Å². The van der Waals surface area contributed by atoms with E-state index in [0.717, 1.165) is 50.4 Å². The molecule has 21 heavy (non-hydrogen) atoms. The molecule has 2 heterocycles. The van der Waals surface area contributed by atoms with Gasteiger partial charge in [-0.25, -0.2) is 0 Å². The molecule has 1 aromatic carbocycles. The van der Waals surface area contributed by atoms with Gasteiger partial charge in [0.05, 0.1) is 6.61 Å². The summed E-state index contributed by atoms with van der Waals surface area (Å²) in [5.74, 6) is 0.888. The summed E-state index contributed by atoms with van der Waals surface area (Å²) < 4.78 is 5.69. The van der Waals surface area contributed by atoms with E-state index in [4.69, 9.17) is 4.74 Å². The number of hydrogen-bond donors (Lipinski definition) is 1. The Balaban J connectivity index is 1.80. The molecule has 1 aliphatic heterocycles. The van der Waals surface area contributed by atoms with Crippen LogP contribution in [-0.2, 0) is 6.42 Å². The summed E-state index contributed by atoms with van der Waals surface area (Å²) in [4.78, 5) is 7.03. The molecule has 0 unspecified atom stereocenters. The monoisotopic (exact) mass is 285 g/mol. The molecule has 3 rings (SSSR count). The number of aromatic nitrogens is 1. The number of hydrogen-bond acceptors (Lipinski definition) is 4. The molecule has 0 atom stereocenters. The van der Waals surface area contributed by atoms with E-state index in [0.29, 0.717) is 6.61 Å². The molecule has 4 heteroatoms. The molecule has 0 aliphatic carbocycles. The van der Waals surface area contributed by atoms with Crippen LogP contribution in [0.5, 0.6) is 5.75 Å². The van der Waals surface area contributed by atoms with Gasteiger partial charge in [0.15, 0.2) is 0 Å². The maximum atomic E-state index is 5.69. The highest BCUT2D eigenvalue weighted by Gasteiger charge is 2.12. The minimum absolute atomic E-state index is 0.672. The molecular weight excluding hydrogens is 262 g/mol. The van der Waals surface area contributed by atoms with Crippen LogP contribution in [0.15, 0.2) is 30.5 Å². The van der Waals surface area contributed by atoms with E-state index < -0.39 is 0 Å². The van der Waals surface area contributed by atoms with Gasteiger partial charge in [-0.3, -0.25) is 4.98 Å². The van der Waals surface area contributed by atoms with Crippen molar-refractivity contribution < 1.29 is 4.74 Å². The standard InChI is InChI=1S/C17H23N3O/c1-2-21-16-6-5-14(15-4-3-8-19-17(15)16)7-11-20-12-9-18-10-13-20/h3-6,8,18H,2,7,9-13H2,1H3. The number of pyridine rings is 1. The Morgan fingerprint density at radius 1 is 1.24 bits per heavy atom. The lowest BCUT2D eigenvalue weighted by Gasteiger charge is -2.27. The zero-order valence-electron chi connectivity index (χ0n) is 12.6. The van der Waals surface area contributed by atoms with E-state index in [1.165, 1.54) is 10.9 Å². The largest absolute Gasteiger partial charge is 0.492 e. The second-order valence-electron chi connectivity index (χ2n) is 5.40. The Morgan fingerprint density at radius 3 is 2.90 bits per heavy atom. The molecule has 1 saturated heterocycles. The zero-order valence-corrected chi connectivity index (χ0v) is 12.6. The number of benzene rings is 1. The van der Waals surface area contributed by atoms with E-state index in [1.807, 2.05) is 19.2 Å². The first kappa shape index (κ1) is 14.3. The van der Waals surface area contributed by atoms with Crippen LogP contribution in [-0.4, -0.2) is 49.2 Å². The average Bonchev–Trinajstić information content (AvgIpc) is 2.55. The third-order valence-electron chi connectivity index (χ3n) is 4.03. The maximum Gasteiger partial charge on any atom is 0.145 e. The molecule has 0 radical (unpaired) electrons. The summed E-state index contributed by atoms with van der Waals surface area (Å²) in [5, 5.41) is 4.62. The molecule has 0 spiro atoms. The quantitative estimate of drug-likeness (QED) is 0.913. The second kappa shape index (κ2) is 6.87. The highest BCUT2D eigenvalue weighted by atomic mass is 16.5. The van der Waals surface area contributed by atoms with Crippen molar-refractivity contribution in [3.8, 4) is 5.75 Å². The van der Waals surface area contributed by atoms with Crippen molar-refractivity contribution in [3.63, 3.8) is 0 Å². The van der Waals surface area contributed by atoms with E-state index in [-0.39, 0.29) is 0 Å². The summed E-state index contributed by atoms with van der Waals surface area (Å²) >= 11 is 0. The predicted molar refractivity (Wildman–Crippen MR) is 85.9 cm³/mol. The van der Waals surface area contributed by atoms with Crippen molar-refractivity contribution >= 4 is 10.9 Å². The van der Waals surface area contributed by atoms with Gasteiger partial charge in [0, 0.05) is 44.3 Å². The zero-order chi connectivity index (χ0) is 14.5. The molecule has 0 amide bonds. The molecule has 112 valence electrons. The number of rotatable bonds is 5. The van der Waals surface area contributed by atoms with Crippen LogP contribution in [0.1, 0.15) is 12.5 Å². The van der Waals surface area contributed by atoms with Gasteiger partial charge < -0.3 is 15.0 Å². The summed E-state index contributed by atoms with van der Waals surface area (Å²) in [6.45, 7) is 8.29. The SMILES string of the molecule is CCOc1ccc(CCN2CCNCC2)c2cccnc12. The highest BCUT2D eigenvalue weighted by Crippen LogP contribution is 2.27. The minimum Gasteiger partial charge on any atom is -0.492 e. The molecule has 0 saturated carbocycles. The van der Waals surface area contributed by atoms with Crippen molar-refractivity contribution in [1.29, 1.82) is 0 Å². The fraction of sp³-hybridized carbons (Fsp3) is 0.471. The molecule has 0 bridgehead atoms. The van der Waals surface area contributed by atoms with E-state index >= 15 is 0 Å². The maximum absolute atomic E-state index is 5.69. The molecule has 4 nitrogen and oxygen atoms in total. The number of ether oxygens (including phenoxy) is 1. The van der Waals surface area contributed by atoms with Crippen LogP contribution < -0.4 is 10.1 Å². The second-order valence-corrected chi connectivity index (χ2v) is 5.40. The fourth-order valence-corrected chi connectivity index (χ4v) is 2.91. The van der Waals surface area contributed by atoms with Crippen LogP contribution in [0.2, 0.25) is 0 Å². The highest BCUT2D eigenvalue weighted by molar-refractivity contribution is 5.87. The minimum atomic E-state index is 0.672. The molecule has 2 aromatic rings. The van der Waals surface area contributed by atoms with Gasteiger partial charge in [-0.15, -0.1) is 0 Å². The summed E-state index contributed by atoms with van der Waals surface area (Å²) in [5.41, 5.74) is 2.34. The van der Waals surface area contributed by atoms with E-state index in [2.05, 4.69) is 33.4 Å². The Labute approximate surface area is 126 Å². The Hall–Kier alpha value is -1.65. The third-order valence-corrected chi connectivity index (χ3v) is 4.03. The lowest BCUT2D eigenvalue weighted by Crippen LogP contribution is -2.44. The van der Waals surface area contributed by atoms with Crippen LogP contribution in [0.25, 0.3) is 10.9 Å². The van der Waals surface area contributed by atoms with Gasteiger partial charge in [0.1, 0.15) is 11.3 Å². The molecule has 1 aliphatic rings. The number of piperazine rings is 1. The number of fused-ring (bicyclic) bond motifs is 1. The lowest BCUT2D eigenvalue weighted by molar-refractivity contribution is 0.244. The van der Waals surface area contributed by atoms with Gasteiger partial charge >= 0.3 is 0 Å². The van der Waals surface area contributed by atoms with E-state index in [1.54, 1.807) is 0 Å². The van der Waals surface area contributed by atoms with Gasteiger partial charge in [-0.05, 0) is 31.0 Å². The third kappa shape index (κ3) is 3.34. The van der Waals surface area contributed by atoms with Crippen molar-refractivity contribution in [1.82, 2.24) is 15.2 Å². The Bertz CT molecular complexity index is 594. The smallest absolute Gasteiger partial charge is 0.145 e. The van der Waals surface area contributed by atoms with Crippen molar-refractivity contribution in [2.24, 2.45) is 0 Å². The van der Waals surface area contributed by atoms with Gasteiger partial charge in [-0.1, -0.05) is 12.1 Å². The van der Waals surface area contributed by atoms with Crippen LogP contribution in [0.4, 0.5) is 0 Å². The van der Waals surface area contributed by atoms with Crippen molar-refractivity contribution in [3.05, 3.63) is 36.0 Å². The van der Waals surface area contributed by atoms with Crippen LogP contribution >= 0.6 is 0 Å². The molecule has 1 N–H and O–H groups in total. The predicted octanol–water partition coefficient (Wildman–Crippen LogP) is 2.08. The van der Waals surface area contributed by atoms with Gasteiger partial charge in [0.25, 0.3) is 0 Å². The summed E-state index contributed by atoms with van der Waals surface area (Å²) in [6, 6.07) is 8.41. The topological polar surface area (TPSA) is 37.4 Å². The van der Waals surface area contributed by atoms with Crippen LogP contribution in [0.3, 0.4) is 0 Å². The summed E-state index contributed by atoms with van der Waals surface area (Å²) in [7, 11) is 0. The first-order valence-electron chi connectivity index (χ1n) is 7.81. The fourth-order valence-electron chi connectivity index (χ4n) is 2.91. The van der Waals surface area contributed by atoms with Crippen molar-refractivity contribution in [2.45, 2.75) is 13.3 Å². The summed E-state index contributed by atoms with van der Waals surface area (Å²) in [6.07, 6.45) is 2.90. The average molecular weight is 285 g/mol. The van der Waals surface area contributed by atoms with E-state index in [9.17, 15) is 0 Å². The normalized spacial score (nSPS) is 16.2. The number of nitrogens with zero attached hydrogens (tertiary/aromatic N) is 2. The molecular formula is C17H23N3O. The molecule has 1 fully saturated rings. The molecule has 1 aromatic heterocycles. The first-order valence-corrected chi connectivity index (χ1v) is 7.81. The Morgan fingerprint density at radius 2 is 2.10 bits per heavy atom. The lowest BCUT2D eigenvalue weighted by atomic mass is 10.0. The van der Waals surface area contributed by atoms with Gasteiger partial charge in [-0.2, -0.15) is 0 Å². The van der Waals surface area contributed by atoms with Gasteiger partial charge in [0.2, 0.25) is 0 Å². The Kier molecular flexibility index (Phi) is 4.68. The van der Waals surface area contributed by atoms with Crippen LogP contribution in [0, 0.1) is 0 Å². The first-order chi connectivity index (χ1) is 10.4.